The second-order valence-electron chi connectivity index (χ2n) is 8.70. The van der Waals surface area contributed by atoms with Gasteiger partial charge in [0, 0.05) is 17.7 Å². The van der Waals surface area contributed by atoms with Gasteiger partial charge in [0.2, 0.25) is 0 Å². The number of hydrogen-bond donors (Lipinski definition) is 1. The molecule has 36 heavy (non-hydrogen) atoms. The number of nitrogens with zero attached hydrogens (tertiary/aromatic N) is 1. The molecule has 184 valence electrons. The van der Waals surface area contributed by atoms with Crippen molar-refractivity contribution in [3.8, 4) is 16.9 Å². The van der Waals surface area contributed by atoms with Gasteiger partial charge in [0.25, 0.3) is 0 Å². The zero-order chi connectivity index (χ0) is 25.9. The molecule has 0 bridgehead atoms. The van der Waals surface area contributed by atoms with Crippen LogP contribution in [0.1, 0.15) is 45.2 Å². The number of ketones is 1. The lowest BCUT2D eigenvalue weighted by Crippen LogP contribution is -2.36. The Morgan fingerprint density at radius 1 is 1.06 bits per heavy atom. The monoisotopic (exact) mass is 505 g/mol. The predicted octanol–water partition coefficient (Wildman–Crippen LogP) is 6.75. The van der Waals surface area contributed by atoms with Gasteiger partial charge in [-0.1, -0.05) is 36.7 Å². The van der Waals surface area contributed by atoms with E-state index in [-0.39, 0.29) is 22.6 Å². The number of allylic oxidation sites excluding steroid dienone is 1. The van der Waals surface area contributed by atoms with Crippen molar-refractivity contribution in [3.63, 3.8) is 0 Å². The largest absolute Gasteiger partial charge is 0.493 e. The third-order valence-corrected chi connectivity index (χ3v) is 6.35. The fourth-order valence-electron chi connectivity index (χ4n) is 4.22. The maximum Gasteiger partial charge on any atom is 0.335 e. The number of aromatic carboxylic acids is 1. The molecule has 7 heteroatoms. The Bertz CT molecular complexity index is 1380. The summed E-state index contributed by atoms with van der Waals surface area (Å²) in [5.74, 6) is -1.61. The zero-order valence-electron chi connectivity index (χ0n) is 19.9. The molecule has 1 atom stereocenters. The maximum atomic E-state index is 14.7. The number of Topliss-reactive ketones (excluding diaryl/α,β-unsaturated/α-hetero) is 1. The number of ether oxygens (including phenoxy) is 1. The fourth-order valence-corrected chi connectivity index (χ4v) is 4.38. The minimum atomic E-state index is -1.35. The highest BCUT2D eigenvalue weighted by Crippen LogP contribution is 2.35. The van der Waals surface area contributed by atoms with E-state index in [9.17, 15) is 19.1 Å². The number of aliphatic imine (C=N–C) groups is 1. The standard InChI is InChI=1S/C29H25ClFNO4/c1-3-13-36-26-10-7-19(20-6-5-18(2)24(15-20)28(34)35)14-21(26)17-29(11-4-12-32-29)27(33)23-9-8-22(30)16-25(23)31/h4-12,14-16H,3,13,17H2,1-2H3,(H,34,35). The minimum absolute atomic E-state index is 0.0973. The van der Waals surface area contributed by atoms with Crippen molar-refractivity contribution in [2.24, 2.45) is 4.99 Å². The molecule has 1 heterocycles. The van der Waals surface area contributed by atoms with Crippen LogP contribution in [-0.4, -0.2) is 35.2 Å². The minimum Gasteiger partial charge on any atom is -0.493 e. The van der Waals surface area contributed by atoms with Gasteiger partial charge in [-0.25, -0.2) is 9.18 Å². The van der Waals surface area contributed by atoms with Crippen LogP contribution >= 0.6 is 11.6 Å². The lowest BCUT2D eigenvalue weighted by Gasteiger charge is -2.25. The van der Waals surface area contributed by atoms with E-state index in [1.165, 1.54) is 18.3 Å². The molecule has 0 fully saturated rings. The average molecular weight is 506 g/mol. The lowest BCUT2D eigenvalue weighted by atomic mass is 9.83. The number of benzene rings is 3. The van der Waals surface area contributed by atoms with Gasteiger partial charge in [0.15, 0.2) is 5.78 Å². The summed E-state index contributed by atoms with van der Waals surface area (Å²) < 4.78 is 20.6. The summed E-state index contributed by atoms with van der Waals surface area (Å²) in [5, 5.41) is 9.74. The van der Waals surface area contributed by atoms with Crippen LogP contribution in [-0.2, 0) is 6.42 Å². The van der Waals surface area contributed by atoms with Crippen LogP contribution in [0.4, 0.5) is 4.39 Å². The Morgan fingerprint density at radius 2 is 1.81 bits per heavy atom. The van der Waals surface area contributed by atoms with Crippen LogP contribution in [0, 0.1) is 12.7 Å². The number of halogens is 2. The van der Waals surface area contributed by atoms with Crippen LogP contribution in [0.25, 0.3) is 11.1 Å². The molecule has 1 unspecified atom stereocenters. The van der Waals surface area contributed by atoms with E-state index in [2.05, 4.69) is 4.99 Å². The summed E-state index contributed by atoms with van der Waals surface area (Å²) in [7, 11) is 0. The molecule has 3 aromatic rings. The maximum absolute atomic E-state index is 14.7. The van der Waals surface area contributed by atoms with Crippen LogP contribution in [0.15, 0.2) is 71.7 Å². The van der Waals surface area contributed by atoms with Gasteiger partial charge in [0.05, 0.1) is 17.7 Å². The van der Waals surface area contributed by atoms with Crippen LogP contribution < -0.4 is 4.74 Å². The number of carbonyl (C=O) groups is 2. The fraction of sp³-hybridized carbons (Fsp3) is 0.207. The normalized spacial score (nSPS) is 16.3. The van der Waals surface area contributed by atoms with Gasteiger partial charge in [0.1, 0.15) is 17.1 Å². The van der Waals surface area contributed by atoms with Crippen LogP contribution in [0.3, 0.4) is 0 Å². The van der Waals surface area contributed by atoms with Crippen molar-refractivity contribution in [2.45, 2.75) is 32.2 Å². The molecule has 0 saturated heterocycles. The molecule has 1 aliphatic rings. The first kappa shape index (κ1) is 25.3. The van der Waals surface area contributed by atoms with E-state index in [4.69, 9.17) is 16.3 Å². The first-order chi connectivity index (χ1) is 17.2. The highest BCUT2D eigenvalue weighted by Gasteiger charge is 2.39. The van der Waals surface area contributed by atoms with Gasteiger partial charge >= 0.3 is 5.97 Å². The molecular weight excluding hydrogens is 481 g/mol. The molecule has 0 saturated carbocycles. The van der Waals surface area contributed by atoms with Crippen LogP contribution in [0.5, 0.6) is 5.75 Å². The van der Waals surface area contributed by atoms with Crippen molar-refractivity contribution in [1.29, 1.82) is 0 Å². The molecule has 0 aliphatic carbocycles. The second kappa shape index (κ2) is 10.5. The van der Waals surface area contributed by atoms with Gasteiger partial charge in [-0.15, -0.1) is 0 Å². The number of carbonyl (C=O) groups excluding carboxylic acids is 1. The molecule has 0 amide bonds. The van der Waals surface area contributed by atoms with Gasteiger partial charge in [-0.2, -0.15) is 0 Å². The molecule has 3 aromatic carbocycles. The topological polar surface area (TPSA) is 76.0 Å². The summed E-state index contributed by atoms with van der Waals surface area (Å²) in [5.41, 5.74) is 1.61. The average Bonchev–Trinajstić information content (AvgIpc) is 3.32. The first-order valence-corrected chi connectivity index (χ1v) is 11.9. The summed E-state index contributed by atoms with van der Waals surface area (Å²) >= 11 is 5.88. The zero-order valence-corrected chi connectivity index (χ0v) is 20.7. The number of carboxylic acid groups (broad SMARTS) is 1. The summed E-state index contributed by atoms with van der Waals surface area (Å²) in [6, 6.07) is 14.7. The molecular formula is C29H25ClFNO4. The molecule has 0 spiro atoms. The molecule has 4 rings (SSSR count). The Kier molecular flexibility index (Phi) is 7.36. The smallest absolute Gasteiger partial charge is 0.335 e. The predicted molar refractivity (Wildman–Crippen MR) is 139 cm³/mol. The van der Waals surface area contributed by atoms with Crippen molar-refractivity contribution >= 4 is 29.6 Å². The Morgan fingerprint density at radius 3 is 2.47 bits per heavy atom. The van der Waals surface area contributed by atoms with Crippen molar-refractivity contribution in [1.82, 2.24) is 0 Å². The molecule has 1 N–H and O–H groups in total. The third-order valence-electron chi connectivity index (χ3n) is 6.12. The number of carboxylic acids is 1. The molecule has 1 aliphatic heterocycles. The molecule has 0 aromatic heterocycles. The second-order valence-corrected chi connectivity index (χ2v) is 9.13. The first-order valence-electron chi connectivity index (χ1n) is 11.6. The van der Waals surface area contributed by atoms with E-state index in [0.29, 0.717) is 23.5 Å². The van der Waals surface area contributed by atoms with Crippen LogP contribution in [0.2, 0.25) is 5.02 Å². The summed E-state index contributed by atoms with van der Waals surface area (Å²) in [6.07, 6.45) is 5.78. The van der Waals surface area contributed by atoms with E-state index >= 15 is 0 Å². The Labute approximate surface area is 213 Å². The summed E-state index contributed by atoms with van der Waals surface area (Å²) in [4.78, 5) is 29.7. The molecule has 0 radical (unpaired) electrons. The van der Waals surface area contributed by atoms with E-state index in [1.54, 1.807) is 31.2 Å². The van der Waals surface area contributed by atoms with Gasteiger partial charge in [-0.05, 0) is 84.1 Å². The van der Waals surface area contributed by atoms with E-state index < -0.39 is 23.1 Å². The quantitative estimate of drug-likeness (QED) is 0.326. The Balaban J connectivity index is 1.78. The van der Waals surface area contributed by atoms with Crippen molar-refractivity contribution in [2.75, 3.05) is 6.61 Å². The van der Waals surface area contributed by atoms with E-state index in [0.717, 1.165) is 23.6 Å². The Hall–Kier alpha value is -3.77. The van der Waals surface area contributed by atoms with Crippen molar-refractivity contribution < 1.29 is 23.8 Å². The highest BCUT2D eigenvalue weighted by molar-refractivity contribution is 6.30. The molecule has 5 nitrogen and oxygen atoms in total. The third kappa shape index (κ3) is 5.09. The number of hydrogen-bond acceptors (Lipinski definition) is 4. The van der Waals surface area contributed by atoms with E-state index in [1.807, 2.05) is 31.2 Å². The SMILES string of the molecule is CCCOc1ccc(-c2ccc(C)c(C(=O)O)c2)cc1CC1(C(=O)c2ccc(Cl)cc2F)C=CC=N1. The van der Waals surface area contributed by atoms with Crippen molar-refractivity contribution in [3.05, 3.63) is 99.8 Å². The van der Waals surface area contributed by atoms with Gasteiger partial charge in [-0.3, -0.25) is 9.79 Å². The number of aryl methyl sites for hydroxylation is 1. The van der Waals surface area contributed by atoms with Gasteiger partial charge < -0.3 is 9.84 Å². The number of rotatable bonds is 9. The summed E-state index contributed by atoms with van der Waals surface area (Å²) in [6.45, 7) is 4.22. The highest BCUT2D eigenvalue weighted by atomic mass is 35.5. The lowest BCUT2D eigenvalue weighted by molar-refractivity contribution is 0.0696.